The fourth-order valence-electron chi connectivity index (χ4n) is 2.16. The molecule has 0 saturated heterocycles. The van der Waals surface area contributed by atoms with E-state index in [1.165, 1.54) is 12.8 Å². The summed E-state index contributed by atoms with van der Waals surface area (Å²) in [6.45, 7) is 7.54. The molecule has 3 nitrogen and oxygen atoms in total. The van der Waals surface area contributed by atoms with Crippen molar-refractivity contribution in [3.05, 3.63) is 0 Å². The fraction of sp³-hybridized carbons (Fsp3) is 0.923. The molecule has 0 radical (unpaired) electrons. The first-order valence-electron chi connectivity index (χ1n) is 6.58. The van der Waals surface area contributed by atoms with Crippen LogP contribution in [0.2, 0.25) is 0 Å². The van der Waals surface area contributed by atoms with E-state index in [0.717, 1.165) is 32.2 Å². The highest BCUT2D eigenvalue weighted by molar-refractivity contribution is 5.74. The van der Waals surface area contributed by atoms with Gasteiger partial charge in [0.05, 0.1) is 0 Å². The molecule has 0 aliphatic heterocycles. The summed E-state index contributed by atoms with van der Waals surface area (Å²) in [7, 11) is 0. The second-order valence-corrected chi connectivity index (χ2v) is 5.69. The van der Waals surface area contributed by atoms with Gasteiger partial charge in [0, 0.05) is 12.6 Å². The van der Waals surface area contributed by atoms with Crippen molar-refractivity contribution in [2.75, 3.05) is 6.54 Å². The van der Waals surface area contributed by atoms with Crippen LogP contribution in [0.1, 0.15) is 59.3 Å². The Morgan fingerprint density at radius 3 is 2.50 bits per heavy atom. The molecule has 0 heterocycles. The van der Waals surface area contributed by atoms with Crippen molar-refractivity contribution in [2.24, 2.45) is 5.41 Å². The number of nitrogens with one attached hydrogen (secondary N) is 2. The van der Waals surface area contributed by atoms with E-state index in [9.17, 15) is 4.79 Å². The van der Waals surface area contributed by atoms with E-state index in [1.807, 2.05) is 0 Å². The van der Waals surface area contributed by atoms with Crippen LogP contribution in [-0.4, -0.2) is 18.6 Å². The third-order valence-electron chi connectivity index (χ3n) is 3.49. The van der Waals surface area contributed by atoms with Crippen molar-refractivity contribution < 1.29 is 4.79 Å². The van der Waals surface area contributed by atoms with E-state index in [2.05, 4.69) is 31.4 Å². The quantitative estimate of drug-likeness (QED) is 0.711. The molecule has 1 fully saturated rings. The molecule has 0 aromatic carbocycles. The van der Waals surface area contributed by atoms with Gasteiger partial charge in [0.25, 0.3) is 0 Å². The van der Waals surface area contributed by atoms with Gasteiger partial charge in [-0.3, -0.25) is 0 Å². The van der Waals surface area contributed by atoms with Crippen molar-refractivity contribution in [1.82, 2.24) is 10.6 Å². The summed E-state index contributed by atoms with van der Waals surface area (Å²) in [5, 5.41) is 5.97. The molecule has 1 saturated carbocycles. The van der Waals surface area contributed by atoms with Crippen LogP contribution in [-0.2, 0) is 0 Å². The van der Waals surface area contributed by atoms with Gasteiger partial charge in [-0.15, -0.1) is 0 Å². The van der Waals surface area contributed by atoms with Crippen LogP contribution in [0.4, 0.5) is 4.79 Å². The minimum Gasteiger partial charge on any atom is -0.338 e. The molecule has 3 heteroatoms. The van der Waals surface area contributed by atoms with E-state index in [0.29, 0.717) is 11.5 Å². The van der Waals surface area contributed by atoms with Crippen LogP contribution < -0.4 is 10.6 Å². The average Bonchev–Trinajstić information content (AvgIpc) is 2.22. The second kappa shape index (κ2) is 6.12. The molecule has 2 N–H and O–H groups in total. The zero-order valence-corrected chi connectivity index (χ0v) is 10.9. The Kier molecular flexibility index (Phi) is 5.10. The van der Waals surface area contributed by atoms with E-state index in [4.69, 9.17) is 0 Å². The highest BCUT2D eigenvalue weighted by atomic mass is 16.2. The third kappa shape index (κ3) is 4.86. The number of hydrogen-bond donors (Lipinski definition) is 2. The molecule has 1 aliphatic rings. The van der Waals surface area contributed by atoms with Gasteiger partial charge in [-0.25, -0.2) is 4.79 Å². The standard InChI is InChI=1S/C13H26N2O/c1-4-5-10-14-12(16)15-11-6-8-13(2,3)9-7-11/h11H,4-10H2,1-3H3,(H2,14,15,16). The molecular weight excluding hydrogens is 200 g/mol. The average molecular weight is 226 g/mol. The van der Waals surface area contributed by atoms with Crippen LogP contribution in [0.15, 0.2) is 0 Å². The summed E-state index contributed by atoms with van der Waals surface area (Å²) in [6, 6.07) is 0.396. The van der Waals surface area contributed by atoms with Gasteiger partial charge in [-0.2, -0.15) is 0 Å². The zero-order chi connectivity index (χ0) is 12.0. The lowest BCUT2D eigenvalue weighted by Gasteiger charge is -2.34. The molecule has 0 aromatic rings. The predicted octanol–water partition coefficient (Wildman–Crippen LogP) is 3.05. The van der Waals surface area contributed by atoms with Crippen molar-refractivity contribution in [2.45, 2.75) is 65.3 Å². The number of unbranched alkanes of at least 4 members (excludes halogenated alkanes) is 1. The van der Waals surface area contributed by atoms with E-state index in [1.54, 1.807) is 0 Å². The fourth-order valence-corrected chi connectivity index (χ4v) is 2.16. The number of amides is 2. The predicted molar refractivity (Wildman–Crippen MR) is 67.5 cm³/mol. The van der Waals surface area contributed by atoms with E-state index in [-0.39, 0.29) is 6.03 Å². The Bertz CT molecular complexity index is 216. The summed E-state index contributed by atoms with van der Waals surface area (Å²) in [6.07, 6.45) is 6.85. The van der Waals surface area contributed by atoms with Crippen LogP contribution in [0, 0.1) is 5.41 Å². The summed E-state index contributed by atoms with van der Waals surface area (Å²) in [4.78, 5) is 11.5. The number of carbonyl (C=O) groups is 1. The smallest absolute Gasteiger partial charge is 0.315 e. The number of rotatable bonds is 4. The van der Waals surface area contributed by atoms with Crippen molar-refractivity contribution in [1.29, 1.82) is 0 Å². The summed E-state index contributed by atoms with van der Waals surface area (Å²) in [5.74, 6) is 0. The van der Waals surface area contributed by atoms with Gasteiger partial charge in [0.2, 0.25) is 0 Å². The SMILES string of the molecule is CCCCNC(=O)NC1CCC(C)(C)CC1. The second-order valence-electron chi connectivity index (χ2n) is 5.69. The van der Waals surface area contributed by atoms with Crippen molar-refractivity contribution in [3.8, 4) is 0 Å². The maximum atomic E-state index is 11.5. The first-order valence-corrected chi connectivity index (χ1v) is 6.58. The molecular formula is C13H26N2O. The lowest BCUT2D eigenvalue weighted by molar-refractivity contribution is 0.198. The Labute approximate surface area is 99.4 Å². The van der Waals surface area contributed by atoms with Crippen molar-refractivity contribution >= 4 is 6.03 Å². The van der Waals surface area contributed by atoms with Gasteiger partial charge in [-0.05, 0) is 37.5 Å². The largest absolute Gasteiger partial charge is 0.338 e. The molecule has 0 unspecified atom stereocenters. The number of hydrogen-bond acceptors (Lipinski definition) is 1. The van der Waals surface area contributed by atoms with Gasteiger partial charge >= 0.3 is 6.03 Å². The molecule has 0 spiro atoms. The highest BCUT2D eigenvalue weighted by Gasteiger charge is 2.27. The first-order chi connectivity index (χ1) is 7.53. The Morgan fingerprint density at radius 2 is 1.94 bits per heavy atom. The topological polar surface area (TPSA) is 41.1 Å². The molecule has 1 rings (SSSR count). The van der Waals surface area contributed by atoms with Crippen LogP contribution in [0.25, 0.3) is 0 Å². The maximum absolute atomic E-state index is 11.5. The lowest BCUT2D eigenvalue weighted by Crippen LogP contribution is -2.44. The first kappa shape index (κ1) is 13.3. The Hall–Kier alpha value is -0.730. The molecule has 94 valence electrons. The minimum atomic E-state index is 0.0122. The normalized spacial score (nSPS) is 20.4. The molecule has 0 atom stereocenters. The van der Waals surface area contributed by atoms with Gasteiger partial charge < -0.3 is 10.6 Å². The maximum Gasteiger partial charge on any atom is 0.315 e. The van der Waals surface area contributed by atoms with Gasteiger partial charge in [0.15, 0.2) is 0 Å². The van der Waals surface area contributed by atoms with Crippen molar-refractivity contribution in [3.63, 3.8) is 0 Å². The summed E-state index contributed by atoms with van der Waals surface area (Å²) < 4.78 is 0. The molecule has 16 heavy (non-hydrogen) atoms. The van der Waals surface area contributed by atoms with Gasteiger partial charge in [0.1, 0.15) is 0 Å². The van der Waals surface area contributed by atoms with E-state index >= 15 is 0 Å². The van der Waals surface area contributed by atoms with Crippen LogP contribution in [0.3, 0.4) is 0 Å². The number of carbonyl (C=O) groups excluding carboxylic acids is 1. The number of urea groups is 1. The Morgan fingerprint density at radius 1 is 1.31 bits per heavy atom. The Balaban J connectivity index is 2.16. The third-order valence-corrected chi connectivity index (χ3v) is 3.49. The molecule has 1 aliphatic carbocycles. The van der Waals surface area contributed by atoms with Gasteiger partial charge in [-0.1, -0.05) is 27.2 Å². The summed E-state index contributed by atoms with van der Waals surface area (Å²) in [5.41, 5.74) is 0.469. The van der Waals surface area contributed by atoms with Crippen LogP contribution >= 0.6 is 0 Å². The minimum absolute atomic E-state index is 0.0122. The molecule has 0 aromatic heterocycles. The lowest BCUT2D eigenvalue weighted by atomic mass is 9.76. The highest BCUT2D eigenvalue weighted by Crippen LogP contribution is 2.34. The zero-order valence-electron chi connectivity index (χ0n) is 10.9. The monoisotopic (exact) mass is 226 g/mol. The molecule has 0 bridgehead atoms. The molecule has 2 amide bonds. The summed E-state index contributed by atoms with van der Waals surface area (Å²) >= 11 is 0. The van der Waals surface area contributed by atoms with E-state index < -0.39 is 0 Å². The van der Waals surface area contributed by atoms with Crippen LogP contribution in [0.5, 0.6) is 0 Å².